The molecule has 0 unspecified atom stereocenters. The Morgan fingerprint density at radius 1 is 0.690 bits per heavy atom. The van der Waals surface area contributed by atoms with E-state index in [1.807, 2.05) is 12.1 Å². The smallest absolute Gasteiger partial charge is 0.206 e. The molecule has 5 heteroatoms. The van der Waals surface area contributed by atoms with Gasteiger partial charge in [0.2, 0.25) is 9.84 Å². The van der Waals surface area contributed by atoms with Gasteiger partial charge in [-0.05, 0) is 55.0 Å². The Labute approximate surface area is 176 Å². The van der Waals surface area contributed by atoms with Crippen molar-refractivity contribution < 1.29 is 8.42 Å². The zero-order valence-electron chi connectivity index (χ0n) is 17.7. The van der Waals surface area contributed by atoms with E-state index in [4.69, 9.17) is 5.73 Å². The quantitative estimate of drug-likeness (QED) is 0.275. The van der Waals surface area contributed by atoms with Crippen LogP contribution in [0.15, 0.2) is 58.3 Å². The summed E-state index contributed by atoms with van der Waals surface area (Å²) in [6, 6.07) is 13.3. The van der Waals surface area contributed by atoms with Crippen LogP contribution < -0.4 is 11.1 Å². The number of hydrogen-bond donors (Lipinski definition) is 2. The largest absolute Gasteiger partial charge is 0.399 e. The van der Waals surface area contributed by atoms with Crippen molar-refractivity contribution in [3.63, 3.8) is 0 Å². The van der Waals surface area contributed by atoms with Crippen molar-refractivity contribution in [2.75, 3.05) is 17.6 Å². The van der Waals surface area contributed by atoms with Gasteiger partial charge in [0.25, 0.3) is 0 Å². The Kier molecular flexibility index (Phi) is 10.1. The zero-order chi connectivity index (χ0) is 21.0. The third-order valence-corrected chi connectivity index (χ3v) is 7.00. The third-order valence-electron chi connectivity index (χ3n) is 5.21. The van der Waals surface area contributed by atoms with Gasteiger partial charge in [-0.2, -0.15) is 0 Å². The molecule has 0 aliphatic carbocycles. The van der Waals surface area contributed by atoms with Crippen LogP contribution in [0.2, 0.25) is 0 Å². The number of hydrogen-bond acceptors (Lipinski definition) is 4. The average molecular weight is 417 g/mol. The van der Waals surface area contributed by atoms with Gasteiger partial charge < -0.3 is 11.1 Å². The summed E-state index contributed by atoms with van der Waals surface area (Å²) >= 11 is 0. The van der Waals surface area contributed by atoms with E-state index >= 15 is 0 Å². The lowest BCUT2D eigenvalue weighted by Crippen LogP contribution is -2.04. The molecule has 0 bridgehead atoms. The monoisotopic (exact) mass is 416 g/mol. The molecule has 0 aromatic heterocycles. The van der Waals surface area contributed by atoms with E-state index in [1.165, 1.54) is 57.8 Å². The highest BCUT2D eigenvalue weighted by Crippen LogP contribution is 2.23. The first-order valence-corrected chi connectivity index (χ1v) is 12.5. The molecule has 2 aromatic carbocycles. The van der Waals surface area contributed by atoms with Gasteiger partial charge in [0.15, 0.2) is 0 Å². The highest BCUT2D eigenvalue weighted by Gasteiger charge is 2.17. The number of nitrogens with one attached hydrogen (secondary N) is 1. The molecule has 2 aromatic rings. The number of unbranched alkanes of at least 4 members (excludes halogenated alkanes) is 9. The normalized spacial score (nSPS) is 11.5. The molecule has 4 nitrogen and oxygen atoms in total. The Morgan fingerprint density at radius 2 is 1.14 bits per heavy atom. The fourth-order valence-corrected chi connectivity index (χ4v) is 4.64. The lowest BCUT2D eigenvalue weighted by atomic mass is 10.1. The lowest BCUT2D eigenvalue weighted by molar-refractivity contribution is 0.560. The molecule has 0 spiro atoms. The maximum atomic E-state index is 12.7. The van der Waals surface area contributed by atoms with Crippen LogP contribution in [-0.2, 0) is 9.84 Å². The predicted molar refractivity (Wildman–Crippen MR) is 123 cm³/mol. The number of nitrogen functional groups attached to an aromatic ring is 1. The Bertz CT molecular complexity index is 800. The van der Waals surface area contributed by atoms with Crippen molar-refractivity contribution >= 4 is 21.2 Å². The standard InChI is InChI=1S/C24H36N2O2S/c1-2-3-4-5-6-7-8-9-10-11-20-26-22-14-18-24(19-15-22)29(27,28)23-16-12-21(25)13-17-23/h12-19,26H,2-11,20,25H2,1H3. The second kappa shape index (κ2) is 12.5. The molecule has 0 aliphatic rings. The van der Waals surface area contributed by atoms with E-state index in [0.717, 1.165) is 18.7 Å². The molecule has 0 saturated carbocycles. The van der Waals surface area contributed by atoms with Gasteiger partial charge in [-0.15, -0.1) is 0 Å². The van der Waals surface area contributed by atoms with Crippen molar-refractivity contribution in [1.29, 1.82) is 0 Å². The number of anilines is 2. The summed E-state index contributed by atoms with van der Waals surface area (Å²) < 4.78 is 25.3. The fraction of sp³-hybridized carbons (Fsp3) is 0.500. The van der Waals surface area contributed by atoms with E-state index in [1.54, 1.807) is 36.4 Å². The van der Waals surface area contributed by atoms with Crippen molar-refractivity contribution in [3.05, 3.63) is 48.5 Å². The molecule has 0 amide bonds. The SMILES string of the molecule is CCCCCCCCCCCCNc1ccc(S(=O)(=O)c2ccc(N)cc2)cc1. The summed E-state index contributed by atoms with van der Waals surface area (Å²) in [5.41, 5.74) is 7.15. The van der Waals surface area contributed by atoms with Gasteiger partial charge in [0.05, 0.1) is 9.79 Å². The first-order chi connectivity index (χ1) is 14.0. The number of nitrogens with two attached hydrogens (primary N) is 1. The van der Waals surface area contributed by atoms with Crippen LogP contribution in [0.4, 0.5) is 11.4 Å². The van der Waals surface area contributed by atoms with Crippen molar-refractivity contribution in [1.82, 2.24) is 0 Å². The summed E-state index contributed by atoms with van der Waals surface area (Å²) in [4.78, 5) is 0.560. The van der Waals surface area contributed by atoms with Crippen LogP contribution in [0.5, 0.6) is 0 Å². The zero-order valence-corrected chi connectivity index (χ0v) is 18.5. The van der Waals surface area contributed by atoms with E-state index in [-0.39, 0.29) is 4.90 Å². The molecular formula is C24H36N2O2S. The molecule has 2 rings (SSSR count). The van der Waals surface area contributed by atoms with E-state index in [2.05, 4.69) is 12.2 Å². The molecular weight excluding hydrogens is 380 g/mol. The number of rotatable bonds is 14. The van der Waals surface area contributed by atoms with Crippen LogP contribution in [0.25, 0.3) is 0 Å². The average Bonchev–Trinajstić information content (AvgIpc) is 2.73. The highest BCUT2D eigenvalue weighted by atomic mass is 32.2. The van der Waals surface area contributed by atoms with E-state index in [9.17, 15) is 8.42 Å². The van der Waals surface area contributed by atoms with Crippen LogP contribution >= 0.6 is 0 Å². The molecule has 0 fully saturated rings. The van der Waals surface area contributed by atoms with Gasteiger partial charge in [-0.1, -0.05) is 64.7 Å². The van der Waals surface area contributed by atoms with Crippen molar-refractivity contribution in [2.45, 2.75) is 80.9 Å². The van der Waals surface area contributed by atoms with E-state index in [0.29, 0.717) is 10.6 Å². The van der Waals surface area contributed by atoms with Crippen LogP contribution in [0.3, 0.4) is 0 Å². The predicted octanol–water partition coefficient (Wildman–Crippen LogP) is 6.43. The minimum Gasteiger partial charge on any atom is -0.399 e. The van der Waals surface area contributed by atoms with Gasteiger partial charge in [-0.3, -0.25) is 0 Å². The maximum absolute atomic E-state index is 12.7. The molecule has 3 N–H and O–H groups in total. The topological polar surface area (TPSA) is 72.2 Å². The van der Waals surface area contributed by atoms with Crippen LogP contribution in [-0.4, -0.2) is 15.0 Å². The van der Waals surface area contributed by atoms with Crippen molar-refractivity contribution in [3.8, 4) is 0 Å². The van der Waals surface area contributed by atoms with Crippen LogP contribution in [0.1, 0.15) is 71.1 Å². The number of benzene rings is 2. The van der Waals surface area contributed by atoms with Gasteiger partial charge in [0, 0.05) is 17.9 Å². The van der Waals surface area contributed by atoms with Crippen molar-refractivity contribution in [2.24, 2.45) is 0 Å². The minimum absolute atomic E-state index is 0.262. The third kappa shape index (κ3) is 8.09. The minimum atomic E-state index is -3.50. The number of sulfone groups is 1. The molecule has 0 saturated heterocycles. The second-order valence-electron chi connectivity index (χ2n) is 7.71. The Morgan fingerprint density at radius 3 is 1.66 bits per heavy atom. The summed E-state index contributed by atoms with van der Waals surface area (Å²) in [7, 11) is -3.50. The second-order valence-corrected chi connectivity index (χ2v) is 9.66. The molecule has 0 radical (unpaired) electrons. The fourth-order valence-electron chi connectivity index (χ4n) is 3.38. The molecule has 0 atom stereocenters. The Balaban J connectivity index is 1.66. The molecule has 160 valence electrons. The van der Waals surface area contributed by atoms with Gasteiger partial charge in [0.1, 0.15) is 0 Å². The van der Waals surface area contributed by atoms with Crippen LogP contribution in [0, 0.1) is 0 Å². The summed E-state index contributed by atoms with van der Waals surface area (Å²) in [5, 5.41) is 3.38. The Hall–Kier alpha value is -2.01. The summed E-state index contributed by atoms with van der Waals surface area (Å²) in [6.07, 6.45) is 13.2. The first kappa shape index (κ1) is 23.3. The highest BCUT2D eigenvalue weighted by molar-refractivity contribution is 7.91. The first-order valence-electron chi connectivity index (χ1n) is 11.0. The summed E-state index contributed by atoms with van der Waals surface area (Å²) in [5.74, 6) is 0. The molecule has 0 heterocycles. The van der Waals surface area contributed by atoms with Gasteiger partial charge >= 0.3 is 0 Å². The summed E-state index contributed by atoms with van der Waals surface area (Å²) in [6.45, 7) is 3.17. The molecule has 0 aliphatic heterocycles. The van der Waals surface area contributed by atoms with E-state index < -0.39 is 9.84 Å². The molecule has 29 heavy (non-hydrogen) atoms. The maximum Gasteiger partial charge on any atom is 0.206 e. The lowest BCUT2D eigenvalue weighted by Gasteiger charge is -2.09. The van der Waals surface area contributed by atoms with Gasteiger partial charge in [-0.25, -0.2) is 8.42 Å².